The largest absolute Gasteiger partial charge is 0.383 e. The zero-order valence-corrected chi connectivity index (χ0v) is 20.1. The van der Waals surface area contributed by atoms with Crippen LogP contribution < -0.4 is 16.2 Å². The number of carbonyl (C=O) groups is 2. The van der Waals surface area contributed by atoms with Crippen LogP contribution in [0.15, 0.2) is 51.9 Å². The molecule has 0 spiro atoms. The molecule has 2 heterocycles. The zero-order chi connectivity index (χ0) is 26.2. The Balaban J connectivity index is 1.64. The van der Waals surface area contributed by atoms with Crippen molar-refractivity contribution in [2.45, 2.75) is 38.6 Å². The number of H-pyrrole nitrogens is 1. The van der Waals surface area contributed by atoms with Crippen molar-refractivity contribution in [3.05, 3.63) is 81.5 Å². The molecule has 0 aliphatic rings. The molecular weight excluding hydrogens is 472 g/mol. The molecule has 188 valence electrons. The van der Waals surface area contributed by atoms with Gasteiger partial charge in [0.1, 0.15) is 23.4 Å². The first-order valence-electron chi connectivity index (χ1n) is 11.1. The molecule has 11 heteroatoms. The molecule has 9 nitrogen and oxygen atoms in total. The van der Waals surface area contributed by atoms with Gasteiger partial charge in [0.25, 0.3) is 11.5 Å². The predicted octanol–water partition coefficient (Wildman–Crippen LogP) is 3.47. The molecule has 0 saturated heterocycles. The van der Waals surface area contributed by atoms with Gasteiger partial charge in [0.2, 0.25) is 5.91 Å². The molecule has 2 aromatic heterocycles. The number of hydrogen-bond acceptors (Lipinski definition) is 5. The fourth-order valence-corrected chi connectivity index (χ4v) is 4.02. The Morgan fingerprint density at radius 2 is 1.83 bits per heavy atom. The second kappa shape index (κ2) is 9.40. The Labute approximate surface area is 204 Å². The number of aryl methyl sites for hydroxylation is 1. The van der Waals surface area contributed by atoms with Gasteiger partial charge in [-0.2, -0.15) is 10.3 Å². The fraction of sp³-hybridized carbons (Fsp3) is 0.280. The molecular formula is C25H25F2N5O4. The van der Waals surface area contributed by atoms with E-state index in [9.17, 15) is 23.2 Å². The topological polar surface area (TPSA) is 122 Å². The lowest BCUT2D eigenvalue weighted by Gasteiger charge is -2.22. The summed E-state index contributed by atoms with van der Waals surface area (Å²) in [5.41, 5.74) is -0.248. The first-order valence-corrected chi connectivity index (χ1v) is 11.1. The van der Waals surface area contributed by atoms with Crippen LogP contribution >= 0.6 is 0 Å². The highest BCUT2D eigenvalue weighted by molar-refractivity contribution is 5.98. The van der Waals surface area contributed by atoms with Gasteiger partial charge >= 0.3 is 0 Å². The maximum atomic E-state index is 14.7. The smallest absolute Gasteiger partial charge is 0.280 e. The summed E-state index contributed by atoms with van der Waals surface area (Å²) in [5, 5.41) is 12.1. The molecule has 0 fully saturated rings. The van der Waals surface area contributed by atoms with Crippen LogP contribution in [0, 0.1) is 11.6 Å². The summed E-state index contributed by atoms with van der Waals surface area (Å²) in [6.07, 6.45) is 1.31. The quantitative estimate of drug-likeness (QED) is 0.377. The van der Waals surface area contributed by atoms with Crippen LogP contribution in [0.3, 0.4) is 0 Å². The minimum atomic E-state index is -1.22. The van der Waals surface area contributed by atoms with E-state index in [1.165, 1.54) is 0 Å². The van der Waals surface area contributed by atoms with Gasteiger partial charge in [0.15, 0.2) is 0 Å². The molecule has 2 aromatic carbocycles. The van der Waals surface area contributed by atoms with Crippen LogP contribution in [0.2, 0.25) is 0 Å². The van der Waals surface area contributed by atoms with Crippen molar-refractivity contribution >= 4 is 28.4 Å². The number of amides is 2. The van der Waals surface area contributed by atoms with E-state index in [4.69, 9.17) is 4.52 Å². The number of halogens is 2. The second-order valence-corrected chi connectivity index (χ2v) is 9.50. The molecule has 3 N–H and O–H groups in total. The van der Waals surface area contributed by atoms with E-state index in [1.807, 2.05) is 0 Å². The van der Waals surface area contributed by atoms with Crippen molar-refractivity contribution in [1.82, 2.24) is 20.3 Å². The molecule has 2 amide bonds. The summed E-state index contributed by atoms with van der Waals surface area (Å²) in [6.45, 7) is 5.04. The predicted molar refractivity (Wildman–Crippen MR) is 128 cm³/mol. The number of aromatic amines is 1. The highest BCUT2D eigenvalue weighted by Gasteiger charge is 2.27. The molecule has 0 bridgehead atoms. The Morgan fingerprint density at radius 1 is 1.14 bits per heavy atom. The lowest BCUT2D eigenvalue weighted by atomic mass is 9.86. The summed E-state index contributed by atoms with van der Waals surface area (Å²) in [5.74, 6) is -2.83. The maximum absolute atomic E-state index is 14.7. The van der Waals surface area contributed by atoms with Gasteiger partial charge in [-0.3, -0.25) is 19.1 Å². The van der Waals surface area contributed by atoms with E-state index in [2.05, 4.69) is 20.9 Å². The lowest BCUT2D eigenvalue weighted by molar-refractivity contribution is -0.126. The van der Waals surface area contributed by atoms with E-state index in [0.717, 1.165) is 29.1 Å². The van der Waals surface area contributed by atoms with Gasteiger partial charge in [-0.25, -0.2) is 8.78 Å². The summed E-state index contributed by atoms with van der Waals surface area (Å²) in [6, 6.07) is 7.06. The standard InChI is InChI=1S/C25H25F2N5O4/c1-25(2,3)22-17(26)8-15(9-18(22)27)29-24(35)23(30-20(33)10-16-11-21(34)31-36-16)13-5-6-19-14(7-13)12-28-32(19)4/h5-9,11-12,23H,10H2,1-4H3,(H,29,35)(H,30,33)(H,31,34). The number of fused-ring (bicyclic) bond motifs is 1. The van der Waals surface area contributed by atoms with Gasteiger partial charge in [-0.15, -0.1) is 0 Å². The fourth-order valence-electron chi connectivity index (χ4n) is 4.02. The van der Waals surface area contributed by atoms with Gasteiger partial charge in [0, 0.05) is 29.8 Å². The minimum absolute atomic E-state index is 0.0845. The molecule has 0 radical (unpaired) electrons. The first kappa shape index (κ1) is 24.8. The molecule has 0 saturated carbocycles. The monoisotopic (exact) mass is 497 g/mol. The highest BCUT2D eigenvalue weighted by Crippen LogP contribution is 2.30. The Hall–Kier alpha value is -4.28. The first-order chi connectivity index (χ1) is 16.9. The summed E-state index contributed by atoms with van der Waals surface area (Å²) < 4.78 is 36.0. The Bertz CT molecular complexity index is 1490. The van der Waals surface area contributed by atoms with E-state index in [-0.39, 0.29) is 23.4 Å². The minimum Gasteiger partial charge on any atom is -0.383 e. The SMILES string of the molecule is Cn1ncc2cc(C(NC(=O)Cc3cc(=O)[nH]o3)C(=O)Nc3cc(F)c(C(C)(C)C)c(F)c3)ccc21. The van der Waals surface area contributed by atoms with Crippen molar-refractivity contribution in [2.24, 2.45) is 7.05 Å². The molecule has 0 aliphatic carbocycles. The molecule has 1 unspecified atom stereocenters. The van der Waals surface area contributed by atoms with Crippen molar-refractivity contribution in [1.29, 1.82) is 0 Å². The number of hydrogen-bond donors (Lipinski definition) is 3. The lowest BCUT2D eigenvalue weighted by Crippen LogP contribution is -2.37. The number of rotatable bonds is 6. The number of benzene rings is 2. The molecule has 36 heavy (non-hydrogen) atoms. The van der Waals surface area contributed by atoms with Crippen LogP contribution in [-0.4, -0.2) is 26.8 Å². The van der Waals surface area contributed by atoms with Crippen molar-refractivity contribution in [3.8, 4) is 0 Å². The van der Waals surface area contributed by atoms with E-state index in [1.54, 1.807) is 56.9 Å². The third-order valence-electron chi connectivity index (χ3n) is 5.64. The van der Waals surface area contributed by atoms with Crippen LogP contribution in [-0.2, 0) is 28.5 Å². The summed E-state index contributed by atoms with van der Waals surface area (Å²) in [4.78, 5) is 37.2. The van der Waals surface area contributed by atoms with Gasteiger partial charge < -0.3 is 15.2 Å². The van der Waals surface area contributed by atoms with Crippen LogP contribution in [0.4, 0.5) is 14.5 Å². The normalized spacial score (nSPS) is 12.5. The van der Waals surface area contributed by atoms with E-state index in [0.29, 0.717) is 5.56 Å². The molecule has 1 atom stereocenters. The van der Waals surface area contributed by atoms with Crippen molar-refractivity contribution in [3.63, 3.8) is 0 Å². The van der Waals surface area contributed by atoms with Gasteiger partial charge in [-0.05, 0) is 35.2 Å². The number of aromatic nitrogens is 3. The zero-order valence-electron chi connectivity index (χ0n) is 20.1. The van der Waals surface area contributed by atoms with Crippen molar-refractivity contribution < 1.29 is 22.9 Å². The maximum Gasteiger partial charge on any atom is 0.280 e. The summed E-state index contributed by atoms with van der Waals surface area (Å²) in [7, 11) is 1.77. The second-order valence-electron chi connectivity index (χ2n) is 9.50. The third kappa shape index (κ3) is 5.19. The van der Waals surface area contributed by atoms with E-state index < -0.39 is 40.5 Å². The Morgan fingerprint density at radius 3 is 2.44 bits per heavy atom. The van der Waals surface area contributed by atoms with Gasteiger partial charge in [-0.1, -0.05) is 26.8 Å². The molecule has 4 rings (SSSR count). The molecule has 4 aromatic rings. The number of nitrogens with zero attached hydrogens (tertiary/aromatic N) is 2. The third-order valence-corrected chi connectivity index (χ3v) is 5.64. The van der Waals surface area contributed by atoms with Crippen molar-refractivity contribution in [2.75, 3.05) is 5.32 Å². The highest BCUT2D eigenvalue weighted by atomic mass is 19.1. The average Bonchev–Trinajstić information content (AvgIpc) is 3.35. The van der Waals surface area contributed by atoms with Crippen LogP contribution in [0.25, 0.3) is 10.9 Å². The Kier molecular flexibility index (Phi) is 6.49. The van der Waals surface area contributed by atoms with E-state index >= 15 is 0 Å². The summed E-state index contributed by atoms with van der Waals surface area (Å²) >= 11 is 0. The molecule has 0 aliphatic heterocycles. The van der Waals surface area contributed by atoms with Crippen LogP contribution in [0.1, 0.15) is 43.7 Å². The van der Waals surface area contributed by atoms with Gasteiger partial charge in [0.05, 0.1) is 18.1 Å². The average molecular weight is 498 g/mol. The number of anilines is 1. The number of nitrogens with one attached hydrogen (secondary N) is 3. The number of carbonyl (C=O) groups excluding carboxylic acids is 2. The van der Waals surface area contributed by atoms with Crippen LogP contribution in [0.5, 0.6) is 0 Å².